The van der Waals surface area contributed by atoms with Crippen LogP contribution in [0.1, 0.15) is 38.5 Å². The molecule has 0 bridgehead atoms. The van der Waals surface area contributed by atoms with Crippen LogP contribution in [0.25, 0.3) is 0 Å². The molecule has 15 heavy (non-hydrogen) atoms. The van der Waals surface area contributed by atoms with Crippen molar-refractivity contribution in [2.45, 2.75) is 38.5 Å². The molecule has 0 aromatic carbocycles. The van der Waals surface area contributed by atoms with Gasteiger partial charge < -0.3 is 0 Å². The van der Waals surface area contributed by atoms with Crippen LogP contribution in [0.3, 0.4) is 0 Å². The van der Waals surface area contributed by atoms with Crippen molar-refractivity contribution in [3.63, 3.8) is 0 Å². The molecule has 1 aliphatic carbocycles. The average molecular weight is 207 g/mol. The first-order chi connectivity index (χ1) is 7.27. The molecule has 1 saturated carbocycles. The van der Waals surface area contributed by atoms with Gasteiger partial charge in [-0.25, -0.2) is 5.01 Å². The van der Waals surface area contributed by atoms with E-state index in [0.29, 0.717) is 0 Å². The lowest BCUT2D eigenvalue weighted by Crippen LogP contribution is -2.53. The molecule has 2 fully saturated rings. The van der Waals surface area contributed by atoms with E-state index in [4.69, 9.17) is 5.26 Å². The number of rotatable bonds is 2. The Balaban J connectivity index is 1.88. The van der Waals surface area contributed by atoms with Gasteiger partial charge in [0.25, 0.3) is 5.91 Å². The van der Waals surface area contributed by atoms with Crippen LogP contribution in [-0.2, 0) is 4.79 Å². The van der Waals surface area contributed by atoms with Crippen LogP contribution in [0, 0.1) is 16.7 Å². The Labute approximate surface area is 90.2 Å². The van der Waals surface area contributed by atoms with E-state index in [1.54, 1.807) is 0 Å². The molecule has 1 aliphatic heterocycles. The van der Waals surface area contributed by atoms with Crippen LogP contribution in [0.4, 0.5) is 0 Å². The number of hydrogen-bond acceptors (Lipinski definition) is 3. The van der Waals surface area contributed by atoms with Gasteiger partial charge in [-0.1, -0.05) is 6.42 Å². The monoisotopic (exact) mass is 207 g/mol. The Morgan fingerprint density at radius 2 is 1.87 bits per heavy atom. The van der Waals surface area contributed by atoms with Crippen molar-refractivity contribution in [1.29, 1.82) is 5.26 Å². The fourth-order valence-corrected chi connectivity index (χ4v) is 2.18. The lowest BCUT2D eigenvalue weighted by molar-refractivity contribution is -0.137. The predicted octanol–water partition coefficient (Wildman–Crippen LogP) is 1.20. The zero-order chi connectivity index (χ0) is 10.7. The van der Waals surface area contributed by atoms with Crippen molar-refractivity contribution >= 4 is 5.91 Å². The molecular formula is C11H17N3O. The summed E-state index contributed by atoms with van der Waals surface area (Å²) in [4.78, 5) is 11.9. The number of nitrogens with one attached hydrogen (secondary N) is 1. The number of piperidine rings is 1. The first-order valence-electron chi connectivity index (χ1n) is 5.74. The molecule has 4 heteroatoms. The van der Waals surface area contributed by atoms with Crippen LogP contribution in [-0.4, -0.2) is 24.0 Å². The van der Waals surface area contributed by atoms with Crippen molar-refractivity contribution < 1.29 is 4.79 Å². The summed E-state index contributed by atoms with van der Waals surface area (Å²) in [6, 6.07) is 2.17. The minimum absolute atomic E-state index is 0.0850. The maximum atomic E-state index is 11.9. The first kappa shape index (κ1) is 10.4. The van der Waals surface area contributed by atoms with Crippen molar-refractivity contribution in [1.82, 2.24) is 10.4 Å². The maximum Gasteiger partial charge on any atom is 0.254 e. The van der Waals surface area contributed by atoms with Crippen LogP contribution in [0.5, 0.6) is 0 Å². The molecule has 2 aliphatic rings. The second-order valence-electron chi connectivity index (χ2n) is 4.54. The highest BCUT2D eigenvalue weighted by Crippen LogP contribution is 2.40. The molecule has 1 saturated heterocycles. The summed E-state index contributed by atoms with van der Waals surface area (Å²) in [7, 11) is 0. The van der Waals surface area contributed by atoms with E-state index in [1.165, 1.54) is 6.42 Å². The molecule has 0 aromatic rings. The zero-order valence-corrected chi connectivity index (χ0v) is 8.96. The third-order valence-electron chi connectivity index (χ3n) is 3.47. The van der Waals surface area contributed by atoms with Gasteiger partial charge in [0.2, 0.25) is 0 Å². The van der Waals surface area contributed by atoms with E-state index >= 15 is 0 Å². The standard InChI is InChI=1S/C11H17N3O/c12-9-11(5-4-6-11)10(15)13-14-7-2-1-3-8-14/h1-8H2,(H,13,15). The highest BCUT2D eigenvalue weighted by Gasteiger charge is 2.45. The molecule has 0 spiro atoms. The average Bonchev–Trinajstić information content (AvgIpc) is 2.18. The largest absolute Gasteiger partial charge is 0.288 e. The van der Waals surface area contributed by atoms with Gasteiger partial charge in [-0.15, -0.1) is 0 Å². The van der Waals surface area contributed by atoms with Crippen LogP contribution >= 0.6 is 0 Å². The normalized spacial score (nSPS) is 25.0. The lowest BCUT2D eigenvalue weighted by atomic mass is 9.69. The fraction of sp³-hybridized carbons (Fsp3) is 0.818. The first-order valence-corrected chi connectivity index (χ1v) is 5.74. The highest BCUT2D eigenvalue weighted by atomic mass is 16.2. The minimum Gasteiger partial charge on any atom is -0.288 e. The summed E-state index contributed by atoms with van der Waals surface area (Å²) < 4.78 is 0. The molecule has 0 aromatic heterocycles. The van der Waals surface area contributed by atoms with E-state index in [1.807, 2.05) is 5.01 Å². The van der Waals surface area contributed by atoms with Gasteiger partial charge in [-0.05, 0) is 32.1 Å². The van der Waals surface area contributed by atoms with Crippen molar-refractivity contribution in [2.24, 2.45) is 5.41 Å². The summed E-state index contributed by atoms with van der Waals surface area (Å²) in [5.41, 5.74) is 2.17. The molecule has 0 atom stereocenters. The van der Waals surface area contributed by atoms with E-state index in [2.05, 4.69) is 11.5 Å². The maximum absolute atomic E-state index is 11.9. The third-order valence-corrected chi connectivity index (χ3v) is 3.47. The SMILES string of the molecule is N#CC1(C(=O)NN2CCCCC2)CCC1. The molecule has 0 unspecified atom stereocenters. The molecule has 1 heterocycles. The smallest absolute Gasteiger partial charge is 0.254 e. The predicted molar refractivity (Wildman–Crippen MR) is 55.5 cm³/mol. The molecule has 1 amide bonds. The summed E-state index contributed by atoms with van der Waals surface area (Å²) in [5, 5.41) is 11.0. The highest BCUT2D eigenvalue weighted by molar-refractivity contribution is 5.85. The number of carbonyl (C=O) groups is 1. The van der Waals surface area contributed by atoms with Crippen molar-refractivity contribution in [3.05, 3.63) is 0 Å². The van der Waals surface area contributed by atoms with Gasteiger partial charge in [-0.2, -0.15) is 5.26 Å². The minimum atomic E-state index is -0.711. The molecule has 82 valence electrons. The summed E-state index contributed by atoms with van der Waals surface area (Å²) in [6.07, 6.45) is 5.97. The Hall–Kier alpha value is -1.08. The number of nitrogens with zero attached hydrogens (tertiary/aromatic N) is 2. The Morgan fingerprint density at radius 3 is 2.33 bits per heavy atom. The van der Waals surface area contributed by atoms with Crippen molar-refractivity contribution in [3.8, 4) is 6.07 Å². The molecular weight excluding hydrogens is 190 g/mol. The van der Waals surface area contributed by atoms with Crippen molar-refractivity contribution in [2.75, 3.05) is 13.1 Å². The Kier molecular flexibility index (Phi) is 2.92. The zero-order valence-electron chi connectivity index (χ0n) is 8.96. The molecule has 4 nitrogen and oxygen atoms in total. The second-order valence-corrected chi connectivity index (χ2v) is 4.54. The van der Waals surface area contributed by atoms with Gasteiger partial charge >= 0.3 is 0 Å². The van der Waals surface area contributed by atoms with Crippen LogP contribution in [0.2, 0.25) is 0 Å². The number of nitriles is 1. The lowest BCUT2D eigenvalue weighted by Gasteiger charge is -2.36. The number of amides is 1. The fourth-order valence-electron chi connectivity index (χ4n) is 2.18. The third kappa shape index (κ3) is 1.98. The summed E-state index contributed by atoms with van der Waals surface area (Å²) >= 11 is 0. The Bertz CT molecular complexity index is 285. The number of hydrazine groups is 1. The van der Waals surface area contributed by atoms with E-state index < -0.39 is 5.41 Å². The van der Waals surface area contributed by atoms with Crippen LogP contribution < -0.4 is 5.43 Å². The van der Waals surface area contributed by atoms with E-state index in [-0.39, 0.29) is 5.91 Å². The summed E-state index contributed by atoms with van der Waals surface area (Å²) in [6.45, 7) is 1.85. The second kappa shape index (κ2) is 4.19. The molecule has 0 radical (unpaired) electrons. The van der Waals surface area contributed by atoms with Gasteiger partial charge in [0, 0.05) is 13.1 Å². The Morgan fingerprint density at radius 1 is 1.20 bits per heavy atom. The van der Waals surface area contributed by atoms with Gasteiger partial charge in [0.05, 0.1) is 6.07 Å². The van der Waals surface area contributed by atoms with E-state index in [9.17, 15) is 4.79 Å². The van der Waals surface area contributed by atoms with Gasteiger partial charge in [0.1, 0.15) is 5.41 Å². The van der Waals surface area contributed by atoms with Gasteiger partial charge in [0.15, 0.2) is 0 Å². The van der Waals surface area contributed by atoms with Crippen LogP contribution in [0.15, 0.2) is 0 Å². The summed E-state index contributed by atoms with van der Waals surface area (Å²) in [5.74, 6) is -0.0850. The molecule has 2 rings (SSSR count). The number of hydrogen-bond donors (Lipinski definition) is 1. The topological polar surface area (TPSA) is 56.1 Å². The molecule has 1 N–H and O–H groups in total. The van der Waals surface area contributed by atoms with Gasteiger partial charge in [-0.3, -0.25) is 10.2 Å². The quantitative estimate of drug-likeness (QED) is 0.740. The number of carbonyl (C=O) groups excluding carboxylic acids is 1. The van der Waals surface area contributed by atoms with E-state index in [0.717, 1.165) is 45.2 Å².